The van der Waals surface area contributed by atoms with Crippen molar-refractivity contribution in [3.63, 3.8) is 0 Å². The topological polar surface area (TPSA) is 45.4 Å². The normalized spacial score (nSPS) is 16.1. The van der Waals surface area contributed by atoms with E-state index in [2.05, 4.69) is 33.1 Å². The Hall–Kier alpha value is -1.88. The Balaban J connectivity index is 1.83. The van der Waals surface area contributed by atoms with Crippen LogP contribution in [0.4, 0.5) is 5.82 Å². The van der Waals surface area contributed by atoms with Crippen LogP contribution in [0.15, 0.2) is 22.9 Å². The van der Waals surface area contributed by atoms with Crippen molar-refractivity contribution in [2.75, 3.05) is 25.0 Å². The number of aryl methyl sites for hydroxylation is 2. The third-order valence-electron chi connectivity index (χ3n) is 3.94. The van der Waals surface area contributed by atoms with Crippen LogP contribution < -0.4 is 4.90 Å². The minimum absolute atomic E-state index is 0.878. The Bertz CT molecular complexity index is 588. The second-order valence-corrected chi connectivity index (χ2v) is 5.42. The number of anilines is 1. The molecule has 0 unspecified atom stereocenters. The molecule has 0 aromatic carbocycles. The molecule has 5 heteroatoms. The molecule has 0 aliphatic carbocycles. The lowest BCUT2D eigenvalue weighted by Gasteiger charge is -2.20. The van der Waals surface area contributed by atoms with Gasteiger partial charge in [0.05, 0.1) is 5.69 Å². The molecule has 3 rings (SSSR count). The first kappa shape index (κ1) is 13.1. The van der Waals surface area contributed by atoms with Crippen molar-refractivity contribution >= 4 is 5.82 Å². The molecule has 106 valence electrons. The molecule has 2 aromatic heterocycles. The van der Waals surface area contributed by atoms with Gasteiger partial charge in [-0.15, -0.1) is 0 Å². The zero-order chi connectivity index (χ0) is 14.1. The smallest absolute Gasteiger partial charge is 0.138 e. The van der Waals surface area contributed by atoms with Gasteiger partial charge in [0.1, 0.15) is 11.6 Å². The van der Waals surface area contributed by atoms with Gasteiger partial charge in [0, 0.05) is 50.6 Å². The highest BCUT2D eigenvalue weighted by atomic mass is 16.5. The fourth-order valence-corrected chi connectivity index (χ4v) is 2.70. The summed E-state index contributed by atoms with van der Waals surface area (Å²) in [6.45, 7) is 7.77. The highest BCUT2D eigenvalue weighted by Crippen LogP contribution is 2.23. The van der Waals surface area contributed by atoms with Gasteiger partial charge < -0.3 is 9.42 Å². The van der Waals surface area contributed by atoms with E-state index in [9.17, 15) is 0 Å². The van der Waals surface area contributed by atoms with E-state index >= 15 is 0 Å². The Kier molecular flexibility index (Phi) is 3.44. The molecule has 0 fully saturated rings. The van der Waals surface area contributed by atoms with E-state index in [1.54, 1.807) is 0 Å². The molecule has 0 bridgehead atoms. The number of pyridine rings is 1. The molecule has 0 spiro atoms. The molecule has 0 amide bonds. The van der Waals surface area contributed by atoms with Gasteiger partial charge in [-0.05, 0) is 19.9 Å². The summed E-state index contributed by atoms with van der Waals surface area (Å²) in [7, 11) is 2.10. The molecule has 0 atom stereocenters. The van der Waals surface area contributed by atoms with Crippen molar-refractivity contribution in [2.45, 2.75) is 26.9 Å². The molecule has 3 heterocycles. The first-order valence-corrected chi connectivity index (χ1v) is 6.94. The molecular weight excluding hydrogens is 252 g/mol. The quantitative estimate of drug-likeness (QED) is 0.838. The zero-order valence-electron chi connectivity index (χ0n) is 12.3. The monoisotopic (exact) mass is 272 g/mol. The number of aromatic nitrogens is 2. The molecular formula is C15H20N4O. The van der Waals surface area contributed by atoms with Gasteiger partial charge in [-0.3, -0.25) is 4.90 Å². The fraction of sp³-hybridized carbons (Fsp3) is 0.467. The summed E-state index contributed by atoms with van der Waals surface area (Å²) in [5, 5.41) is 4.04. The highest BCUT2D eigenvalue weighted by molar-refractivity contribution is 5.46. The summed E-state index contributed by atoms with van der Waals surface area (Å²) in [6, 6.07) is 4.16. The lowest BCUT2D eigenvalue weighted by molar-refractivity contribution is 0.267. The Morgan fingerprint density at radius 1 is 1.30 bits per heavy atom. The molecule has 20 heavy (non-hydrogen) atoms. The van der Waals surface area contributed by atoms with Crippen LogP contribution in [0.2, 0.25) is 0 Å². The number of nitrogens with zero attached hydrogens (tertiary/aromatic N) is 4. The Labute approximate surface area is 119 Å². The zero-order valence-corrected chi connectivity index (χ0v) is 12.3. The van der Waals surface area contributed by atoms with Crippen LogP contribution in [-0.4, -0.2) is 35.2 Å². The molecule has 0 radical (unpaired) electrons. The predicted molar refractivity (Wildman–Crippen MR) is 77.6 cm³/mol. The largest absolute Gasteiger partial charge is 0.361 e. The van der Waals surface area contributed by atoms with Crippen LogP contribution in [0.3, 0.4) is 0 Å². The summed E-state index contributed by atoms with van der Waals surface area (Å²) in [6.07, 6.45) is 1.86. The molecule has 1 aliphatic heterocycles. The van der Waals surface area contributed by atoms with Gasteiger partial charge in [0.2, 0.25) is 0 Å². The van der Waals surface area contributed by atoms with Gasteiger partial charge in [0.15, 0.2) is 0 Å². The Morgan fingerprint density at radius 2 is 2.15 bits per heavy atom. The van der Waals surface area contributed by atoms with Crippen molar-refractivity contribution in [3.8, 4) is 0 Å². The van der Waals surface area contributed by atoms with E-state index in [0.29, 0.717) is 0 Å². The first-order chi connectivity index (χ1) is 9.65. The van der Waals surface area contributed by atoms with Gasteiger partial charge >= 0.3 is 0 Å². The summed E-state index contributed by atoms with van der Waals surface area (Å²) < 4.78 is 5.26. The molecule has 1 aliphatic rings. The van der Waals surface area contributed by atoms with Crippen LogP contribution in [0.1, 0.15) is 22.6 Å². The van der Waals surface area contributed by atoms with Crippen LogP contribution in [-0.2, 0) is 13.1 Å². The molecule has 0 N–H and O–H groups in total. The van der Waals surface area contributed by atoms with Crippen LogP contribution in [0.5, 0.6) is 0 Å². The van der Waals surface area contributed by atoms with Crippen molar-refractivity contribution in [2.24, 2.45) is 0 Å². The van der Waals surface area contributed by atoms with E-state index in [4.69, 9.17) is 4.52 Å². The van der Waals surface area contributed by atoms with E-state index in [0.717, 1.165) is 43.5 Å². The highest BCUT2D eigenvalue weighted by Gasteiger charge is 2.20. The number of rotatable bonds is 2. The van der Waals surface area contributed by atoms with Crippen molar-refractivity contribution in [1.29, 1.82) is 0 Å². The lowest BCUT2D eigenvalue weighted by Crippen LogP contribution is -2.29. The number of likely N-dealkylation sites (N-methyl/N-ethyl adjacent to an activating group) is 1. The summed E-state index contributed by atoms with van der Waals surface area (Å²) in [5.41, 5.74) is 3.48. The van der Waals surface area contributed by atoms with Crippen molar-refractivity contribution < 1.29 is 4.52 Å². The predicted octanol–water partition coefficient (Wildman–Crippen LogP) is 2.14. The van der Waals surface area contributed by atoms with Crippen LogP contribution in [0.25, 0.3) is 0 Å². The minimum atomic E-state index is 0.878. The summed E-state index contributed by atoms with van der Waals surface area (Å²) >= 11 is 0. The Morgan fingerprint density at radius 3 is 2.90 bits per heavy atom. The number of fused-ring (bicyclic) bond motifs is 1. The maximum absolute atomic E-state index is 5.26. The lowest BCUT2D eigenvalue weighted by atomic mass is 10.1. The third-order valence-corrected chi connectivity index (χ3v) is 3.94. The van der Waals surface area contributed by atoms with Crippen molar-refractivity contribution in [3.05, 3.63) is 40.9 Å². The average Bonchev–Trinajstić information content (AvgIpc) is 2.68. The maximum atomic E-state index is 5.26. The van der Waals surface area contributed by atoms with E-state index in [1.807, 2.05) is 26.1 Å². The molecule has 0 saturated carbocycles. The van der Waals surface area contributed by atoms with Gasteiger partial charge in [-0.2, -0.15) is 0 Å². The fourth-order valence-electron chi connectivity index (χ4n) is 2.70. The number of hydrogen-bond acceptors (Lipinski definition) is 5. The molecule has 0 saturated heterocycles. The molecule has 2 aromatic rings. The third kappa shape index (κ3) is 2.41. The van der Waals surface area contributed by atoms with Gasteiger partial charge in [0.25, 0.3) is 0 Å². The minimum Gasteiger partial charge on any atom is -0.361 e. The molecule has 5 nitrogen and oxygen atoms in total. The SMILES string of the molecule is Cc1noc(C)c1CN1CCN(C)c2ncccc2C1. The standard InChI is InChI=1S/C15H20N4O/c1-11-14(12(2)20-17-11)10-19-8-7-18(3)15-13(9-19)5-4-6-16-15/h4-6H,7-10H2,1-3H3. The van der Waals surface area contributed by atoms with Gasteiger partial charge in [-0.1, -0.05) is 11.2 Å². The van der Waals surface area contributed by atoms with E-state index < -0.39 is 0 Å². The average molecular weight is 272 g/mol. The second kappa shape index (κ2) is 5.25. The summed E-state index contributed by atoms with van der Waals surface area (Å²) in [5.74, 6) is 2.01. The second-order valence-electron chi connectivity index (χ2n) is 5.42. The van der Waals surface area contributed by atoms with Crippen LogP contribution in [0, 0.1) is 13.8 Å². The maximum Gasteiger partial charge on any atom is 0.138 e. The first-order valence-electron chi connectivity index (χ1n) is 6.94. The number of hydrogen-bond donors (Lipinski definition) is 0. The van der Waals surface area contributed by atoms with Crippen LogP contribution >= 0.6 is 0 Å². The van der Waals surface area contributed by atoms with Gasteiger partial charge in [-0.25, -0.2) is 4.98 Å². The van der Waals surface area contributed by atoms with E-state index in [1.165, 1.54) is 11.1 Å². The van der Waals surface area contributed by atoms with E-state index in [-0.39, 0.29) is 0 Å². The van der Waals surface area contributed by atoms with Crippen molar-refractivity contribution in [1.82, 2.24) is 15.0 Å². The summed E-state index contributed by atoms with van der Waals surface area (Å²) in [4.78, 5) is 9.15.